The van der Waals surface area contributed by atoms with Crippen LogP contribution in [-0.2, 0) is 11.3 Å². The number of anilines is 1. The van der Waals surface area contributed by atoms with Crippen molar-refractivity contribution in [2.75, 3.05) is 31.1 Å². The van der Waals surface area contributed by atoms with Gasteiger partial charge in [-0.1, -0.05) is 17.7 Å². The van der Waals surface area contributed by atoms with Crippen molar-refractivity contribution < 1.29 is 19.1 Å². The van der Waals surface area contributed by atoms with Gasteiger partial charge < -0.3 is 14.9 Å². The molecule has 0 spiro atoms. The maximum atomic E-state index is 13.1. The molecule has 1 amide bonds. The second kappa shape index (κ2) is 8.45. The summed E-state index contributed by atoms with van der Waals surface area (Å²) < 4.78 is 14.5. The Morgan fingerprint density at radius 1 is 1.13 bits per heavy atom. The van der Waals surface area contributed by atoms with Gasteiger partial charge in [-0.05, 0) is 35.7 Å². The number of carboxylic acids is 1. The molecule has 30 heavy (non-hydrogen) atoms. The van der Waals surface area contributed by atoms with Crippen LogP contribution < -0.4 is 4.90 Å². The van der Waals surface area contributed by atoms with Crippen LogP contribution in [0.1, 0.15) is 10.5 Å². The highest BCUT2D eigenvalue weighted by atomic mass is 35.5. The summed E-state index contributed by atoms with van der Waals surface area (Å²) in [6.45, 7) is 2.15. The van der Waals surface area contributed by atoms with E-state index in [1.807, 2.05) is 17.5 Å². The second-order valence-electron chi connectivity index (χ2n) is 6.80. The summed E-state index contributed by atoms with van der Waals surface area (Å²) in [4.78, 5) is 28.9. The zero-order valence-electron chi connectivity index (χ0n) is 15.8. The van der Waals surface area contributed by atoms with Crippen molar-refractivity contribution in [3.63, 3.8) is 0 Å². The minimum atomic E-state index is -1.24. The van der Waals surface area contributed by atoms with Gasteiger partial charge >= 0.3 is 5.97 Å². The molecule has 2 aromatic heterocycles. The molecule has 1 fully saturated rings. The first-order valence-corrected chi connectivity index (χ1v) is 10.5. The van der Waals surface area contributed by atoms with Crippen LogP contribution in [0.4, 0.5) is 10.1 Å². The zero-order chi connectivity index (χ0) is 21.3. The normalized spacial score (nSPS) is 14.2. The summed E-state index contributed by atoms with van der Waals surface area (Å²) in [6.07, 6.45) is 0. The number of thiophene rings is 1. The summed E-state index contributed by atoms with van der Waals surface area (Å²) in [5.74, 6) is -1.69. The molecule has 7 nitrogen and oxygen atoms in total. The fourth-order valence-corrected chi connectivity index (χ4v) is 4.59. The number of amides is 1. The molecule has 1 N–H and O–H groups in total. The van der Waals surface area contributed by atoms with Crippen molar-refractivity contribution >= 4 is 40.5 Å². The number of carbonyl (C=O) groups excluding carboxylic acids is 1. The average molecular weight is 449 g/mol. The zero-order valence-corrected chi connectivity index (χ0v) is 17.4. The Morgan fingerprint density at radius 2 is 1.83 bits per heavy atom. The lowest BCUT2D eigenvalue weighted by atomic mass is 10.2. The van der Waals surface area contributed by atoms with E-state index in [-0.39, 0.29) is 29.0 Å². The Hall–Kier alpha value is -2.91. The molecule has 1 aliphatic rings. The van der Waals surface area contributed by atoms with Crippen LogP contribution in [0.25, 0.3) is 10.6 Å². The highest BCUT2D eigenvalue weighted by molar-refractivity contribution is 7.13. The molecule has 3 aromatic rings. The molecule has 4 rings (SSSR count). The predicted octanol–water partition coefficient (Wildman–Crippen LogP) is 3.45. The molecule has 3 heterocycles. The van der Waals surface area contributed by atoms with Crippen LogP contribution >= 0.6 is 22.9 Å². The first kappa shape index (κ1) is 20.4. The number of carbonyl (C=O) groups is 2. The fraction of sp³-hybridized carbons (Fsp3) is 0.250. The Bertz CT molecular complexity index is 1060. The third kappa shape index (κ3) is 4.03. The van der Waals surface area contributed by atoms with Gasteiger partial charge in [0.05, 0.1) is 10.6 Å². The number of aromatic carboxylic acids is 1. The summed E-state index contributed by atoms with van der Waals surface area (Å²) in [5, 5.41) is 15.3. The molecule has 0 bridgehead atoms. The summed E-state index contributed by atoms with van der Waals surface area (Å²) in [7, 11) is 0. The number of benzene rings is 1. The molecule has 0 saturated carbocycles. The van der Waals surface area contributed by atoms with Gasteiger partial charge in [0.1, 0.15) is 17.4 Å². The summed E-state index contributed by atoms with van der Waals surface area (Å²) in [5.41, 5.74) is 1.07. The summed E-state index contributed by atoms with van der Waals surface area (Å²) in [6, 6.07) is 9.91. The van der Waals surface area contributed by atoms with Gasteiger partial charge in [-0.2, -0.15) is 5.10 Å². The maximum absolute atomic E-state index is 13.1. The third-order valence-corrected chi connectivity index (χ3v) is 6.20. The topological polar surface area (TPSA) is 78.7 Å². The van der Waals surface area contributed by atoms with Crippen LogP contribution in [0.3, 0.4) is 0 Å². The first-order valence-electron chi connectivity index (χ1n) is 9.26. The van der Waals surface area contributed by atoms with E-state index in [1.165, 1.54) is 28.2 Å². The van der Waals surface area contributed by atoms with E-state index >= 15 is 0 Å². The number of hydrogen-bond donors (Lipinski definition) is 1. The molecule has 1 aliphatic heterocycles. The Morgan fingerprint density at radius 3 is 2.43 bits per heavy atom. The van der Waals surface area contributed by atoms with Crippen LogP contribution in [0.2, 0.25) is 5.02 Å². The molecular weight excluding hydrogens is 431 g/mol. The number of carboxylic acid groups (broad SMARTS) is 1. The van der Waals surface area contributed by atoms with Gasteiger partial charge in [0, 0.05) is 31.9 Å². The Balaban J connectivity index is 1.48. The van der Waals surface area contributed by atoms with E-state index in [9.17, 15) is 19.1 Å². The highest BCUT2D eigenvalue weighted by Crippen LogP contribution is 2.34. The minimum Gasteiger partial charge on any atom is -0.476 e. The van der Waals surface area contributed by atoms with Crippen molar-refractivity contribution in [3.05, 3.63) is 58.3 Å². The smallest absolute Gasteiger partial charge is 0.358 e. The molecule has 10 heteroatoms. The number of hydrogen-bond acceptors (Lipinski definition) is 5. The lowest BCUT2D eigenvalue weighted by Gasteiger charge is -2.36. The fourth-order valence-electron chi connectivity index (χ4n) is 3.43. The van der Waals surface area contributed by atoms with E-state index < -0.39 is 5.97 Å². The van der Waals surface area contributed by atoms with Gasteiger partial charge in [-0.3, -0.25) is 9.48 Å². The number of nitrogens with zero attached hydrogens (tertiary/aromatic N) is 4. The van der Waals surface area contributed by atoms with Gasteiger partial charge in [-0.25, -0.2) is 9.18 Å². The van der Waals surface area contributed by atoms with Crippen molar-refractivity contribution in [1.82, 2.24) is 14.7 Å². The quantitative estimate of drug-likeness (QED) is 0.646. The lowest BCUT2D eigenvalue weighted by Crippen LogP contribution is -2.49. The van der Waals surface area contributed by atoms with E-state index in [1.54, 1.807) is 17.0 Å². The molecule has 0 unspecified atom stereocenters. The molecule has 0 aliphatic carbocycles. The second-order valence-corrected chi connectivity index (χ2v) is 8.12. The van der Waals surface area contributed by atoms with E-state index in [0.29, 0.717) is 31.9 Å². The molecule has 0 radical (unpaired) electrons. The van der Waals surface area contributed by atoms with E-state index in [0.717, 1.165) is 10.6 Å². The standard InChI is InChI=1S/C20H18ClFN4O3S/c21-17-18(20(28)29)23-26(19(17)15-2-1-11-30-15)12-16(27)25-9-7-24(8-10-25)14-5-3-13(22)4-6-14/h1-6,11H,7-10,12H2,(H,28,29). The monoisotopic (exact) mass is 448 g/mol. The van der Waals surface area contributed by atoms with Gasteiger partial charge in [-0.15, -0.1) is 11.3 Å². The van der Waals surface area contributed by atoms with Gasteiger partial charge in [0.25, 0.3) is 0 Å². The third-order valence-electron chi connectivity index (χ3n) is 4.96. The van der Waals surface area contributed by atoms with Crippen LogP contribution in [0.15, 0.2) is 41.8 Å². The molecular formula is C20H18ClFN4O3S. The number of aromatic nitrogens is 2. The van der Waals surface area contributed by atoms with Crippen LogP contribution in [0.5, 0.6) is 0 Å². The van der Waals surface area contributed by atoms with Crippen molar-refractivity contribution in [1.29, 1.82) is 0 Å². The summed E-state index contributed by atoms with van der Waals surface area (Å²) >= 11 is 7.66. The van der Waals surface area contributed by atoms with Crippen molar-refractivity contribution in [2.24, 2.45) is 0 Å². The lowest BCUT2D eigenvalue weighted by molar-refractivity contribution is -0.132. The Labute approximate surface area is 180 Å². The minimum absolute atomic E-state index is 0.0267. The number of piperazine rings is 1. The maximum Gasteiger partial charge on any atom is 0.358 e. The average Bonchev–Trinajstić information content (AvgIpc) is 3.36. The van der Waals surface area contributed by atoms with E-state index in [4.69, 9.17) is 11.6 Å². The highest BCUT2D eigenvalue weighted by Gasteiger charge is 2.27. The van der Waals surface area contributed by atoms with Crippen molar-refractivity contribution in [2.45, 2.75) is 6.54 Å². The van der Waals surface area contributed by atoms with Crippen LogP contribution in [-0.4, -0.2) is 57.8 Å². The van der Waals surface area contributed by atoms with Gasteiger partial charge in [0.15, 0.2) is 5.69 Å². The van der Waals surface area contributed by atoms with Crippen LogP contribution in [0, 0.1) is 5.82 Å². The SMILES string of the molecule is O=C(O)c1nn(CC(=O)N2CCN(c3ccc(F)cc3)CC2)c(-c2cccs2)c1Cl. The Kier molecular flexibility index (Phi) is 5.74. The molecule has 1 aromatic carbocycles. The molecule has 1 saturated heterocycles. The molecule has 156 valence electrons. The van der Waals surface area contributed by atoms with Gasteiger partial charge in [0.2, 0.25) is 5.91 Å². The number of rotatable bonds is 5. The largest absolute Gasteiger partial charge is 0.476 e. The number of halogens is 2. The predicted molar refractivity (Wildman–Crippen MR) is 113 cm³/mol. The van der Waals surface area contributed by atoms with Crippen molar-refractivity contribution in [3.8, 4) is 10.6 Å². The van der Waals surface area contributed by atoms with E-state index in [2.05, 4.69) is 10.00 Å². The molecule has 0 atom stereocenters. The first-order chi connectivity index (χ1) is 14.4.